The molecule has 1 aliphatic carbocycles. The second kappa shape index (κ2) is 9.22. The summed E-state index contributed by atoms with van der Waals surface area (Å²) in [6.07, 6.45) is 4.46. The van der Waals surface area contributed by atoms with Crippen molar-refractivity contribution in [2.24, 2.45) is 0 Å². The molecule has 2 amide bonds. The van der Waals surface area contributed by atoms with Gasteiger partial charge >= 0.3 is 0 Å². The van der Waals surface area contributed by atoms with Crippen LogP contribution in [-0.2, 0) is 16.1 Å². The van der Waals surface area contributed by atoms with E-state index in [1.165, 1.54) is 11.8 Å². The summed E-state index contributed by atoms with van der Waals surface area (Å²) in [5, 5.41) is 6.69. The number of carbonyl (C=O) groups is 2. The van der Waals surface area contributed by atoms with E-state index in [-0.39, 0.29) is 23.7 Å². The van der Waals surface area contributed by atoms with Crippen LogP contribution in [0.4, 0.5) is 5.69 Å². The highest BCUT2D eigenvalue weighted by atomic mass is 32.2. The molecular formula is C22H28N4O3S. The smallest absolute Gasteiger partial charge is 0.251 e. The first-order valence-electron chi connectivity index (χ1n) is 10.5. The molecule has 1 aromatic carbocycles. The summed E-state index contributed by atoms with van der Waals surface area (Å²) in [5.74, 6) is 0.0340. The number of benzene rings is 1. The van der Waals surface area contributed by atoms with Crippen molar-refractivity contribution in [3.63, 3.8) is 0 Å². The number of imidazole rings is 1. The molecule has 4 rings (SSSR count). The fourth-order valence-electron chi connectivity index (χ4n) is 3.50. The summed E-state index contributed by atoms with van der Waals surface area (Å²) < 4.78 is 7.93. The van der Waals surface area contributed by atoms with Gasteiger partial charge in [-0.1, -0.05) is 17.8 Å². The van der Waals surface area contributed by atoms with Gasteiger partial charge in [0, 0.05) is 29.6 Å². The first kappa shape index (κ1) is 20.9. The molecule has 160 valence electrons. The Morgan fingerprint density at radius 3 is 2.83 bits per heavy atom. The lowest BCUT2D eigenvalue weighted by molar-refractivity contribution is -0.113. The van der Waals surface area contributed by atoms with Crippen LogP contribution in [0.25, 0.3) is 0 Å². The number of aromatic nitrogens is 2. The third kappa shape index (κ3) is 5.23. The molecule has 2 aromatic rings. The molecule has 8 heteroatoms. The van der Waals surface area contributed by atoms with E-state index in [1.807, 2.05) is 6.92 Å². The number of hydrogen-bond donors (Lipinski definition) is 2. The highest BCUT2D eigenvalue weighted by Crippen LogP contribution is 2.25. The van der Waals surface area contributed by atoms with Crippen LogP contribution in [0.2, 0.25) is 0 Å². The number of ether oxygens (including phenoxy) is 1. The van der Waals surface area contributed by atoms with Crippen molar-refractivity contribution < 1.29 is 14.3 Å². The van der Waals surface area contributed by atoms with Gasteiger partial charge < -0.3 is 19.9 Å². The molecular weight excluding hydrogens is 400 g/mol. The minimum absolute atomic E-state index is 0.0925. The minimum Gasteiger partial charge on any atom is -0.376 e. The van der Waals surface area contributed by atoms with Crippen molar-refractivity contribution in [3.05, 3.63) is 41.2 Å². The molecule has 1 aromatic heterocycles. The van der Waals surface area contributed by atoms with Crippen LogP contribution in [0.5, 0.6) is 0 Å². The maximum Gasteiger partial charge on any atom is 0.251 e. The zero-order chi connectivity index (χ0) is 21.1. The first-order chi connectivity index (χ1) is 14.5. The van der Waals surface area contributed by atoms with Crippen LogP contribution in [0.3, 0.4) is 0 Å². The van der Waals surface area contributed by atoms with Crippen LogP contribution in [0.1, 0.15) is 47.4 Å². The SMILES string of the molecule is Cc1nc(SCC(=O)Nc2cccc(C(=O)NC3CC3)c2)n(CC2CCCO2)c1C. The van der Waals surface area contributed by atoms with Crippen LogP contribution in [-0.4, -0.2) is 45.9 Å². The van der Waals surface area contributed by atoms with Crippen molar-refractivity contribution in [2.45, 2.75) is 63.4 Å². The third-order valence-electron chi connectivity index (χ3n) is 5.49. The van der Waals surface area contributed by atoms with E-state index in [2.05, 4.69) is 27.1 Å². The number of anilines is 1. The van der Waals surface area contributed by atoms with Gasteiger partial charge in [0.05, 0.1) is 24.1 Å². The predicted molar refractivity (Wildman–Crippen MR) is 117 cm³/mol. The van der Waals surface area contributed by atoms with E-state index in [1.54, 1.807) is 24.3 Å². The van der Waals surface area contributed by atoms with Crippen LogP contribution in [0.15, 0.2) is 29.4 Å². The average molecular weight is 429 g/mol. The second-order valence-corrected chi connectivity index (χ2v) is 8.92. The molecule has 2 N–H and O–H groups in total. The molecule has 7 nitrogen and oxygen atoms in total. The Bertz CT molecular complexity index is 932. The topological polar surface area (TPSA) is 85.3 Å². The minimum atomic E-state index is -0.123. The number of nitrogens with one attached hydrogen (secondary N) is 2. The summed E-state index contributed by atoms with van der Waals surface area (Å²) in [6, 6.07) is 7.36. The van der Waals surface area contributed by atoms with Gasteiger partial charge in [-0.25, -0.2) is 4.98 Å². The Morgan fingerprint density at radius 1 is 1.27 bits per heavy atom. The highest BCUT2D eigenvalue weighted by molar-refractivity contribution is 7.99. The number of nitrogens with zero attached hydrogens (tertiary/aromatic N) is 2. The number of carbonyl (C=O) groups excluding carboxylic acids is 2. The van der Waals surface area contributed by atoms with Gasteiger partial charge in [0.2, 0.25) is 5.91 Å². The van der Waals surface area contributed by atoms with Crippen LogP contribution < -0.4 is 10.6 Å². The summed E-state index contributed by atoms with van der Waals surface area (Å²) in [7, 11) is 0. The van der Waals surface area contributed by atoms with Crippen molar-refractivity contribution in [1.29, 1.82) is 0 Å². The van der Waals surface area contributed by atoms with E-state index in [0.717, 1.165) is 55.4 Å². The van der Waals surface area contributed by atoms with Gasteiger partial charge in [-0.2, -0.15) is 0 Å². The Hall–Kier alpha value is -2.32. The lowest BCUT2D eigenvalue weighted by atomic mass is 10.2. The van der Waals surface area contributed by atoms with Gasteiger partial charge in [0.25, 0.3) is 5.91 Å². The number of thioether (sulfide) groups is 1. The van der Waals surface area contributed by atoms with Gasteiger partial charge in [-0.15, -0.1) is 0 Å². The lowest BCUT2D eigenvalue weighted by Gasteiger charge is -2.14. The molecule has 0 radical (unpaired) electrons. The zero-order valence-electron chi connectivity index (χ0n) is 17.4. The quantitative estimate of drug-likeness (QED) is 0.630. The van der Waals surface area contributed by atoms with E-state index in [4.69, 9.17) is 4.74 Å². The summed E-state index contributed by atoms with van der Waals surface area (Å²) in [6.45, 7) is 5.64. The van der Waals surface area contributed by atoms with Crippen molar-refractivity contribution in [1.82, 2.24) is 14.9 Å². The molecule has 2 heterocycles. The van der Waals surface area contributed by atoms with Crippen LogP contribution >= 0.6 is 11.8 Å². The largest absolute Gasteiger partial charge is 0.376 e. The van der Waals surface area contributed by atoms with E-state index >= 15 is 0 Å². The van der Waals surface area contributed by atoms with E-state index in [0.29, 0.717) is 17.3 Å². The molecule has 0 bridgehead atoms. The monoisotopic (exact) mass is 428 g/mol. The molecule has 30 heavy (non-hydrogen) atoms. The number of rotatable bonds is 8. The standard InChI is InChI=1S/C22H28N4O3S/c1-14-15(2)26(12-19-7-4-10-29-19)22(23-14)30-13-20(27)24-18-6-3-5-16(11-18)21(28)25-17-8-9-17/h3,5-6,11,17,19H,4,7-10,12-13H2,1-2H3,(H,24,27)(H,25,28). The third-order valence-corrected chi connectivity index (χ3v) is 6.46. The summed E-state index contributed by atoms with van der Waals surface area (Å²) in [5.41, 5.74) is 3.28. The van der Waals surface area contributed by atoms with Gasteiger partial charge in [-0.3, -0.25) is 9.59 Å². The maximum absolute atomic E-state index is 12.5. The summed E-state index contributed by atoms with van der Waals surface area (Å²) >= 11 is 1.42. The Kier molecular flexibility index (Phi) is 6.43. The lowest BCUT2D eigenvalue weighted by Crippen LogP contribution is -2.25. The maximum atomic E-state index is 12.5. The van der Waals surface area contributed by atoms with Gasteiger partial charge in [0.15, 0.2) is 5.16 Å². The molecule has 1 saturated heterocycles. The Morgan fingerprint density at radius 2 is 2.10 bits per heavy atom. The van der Waals surface area contributed by atoms with Crippen molar-refractivity contribution in [3.8, 4) is 0 Å². The molecule has 2 fully saturated rings. The number of hydrogen-bond acceptors (Lipinski definition) is 5. The second-order valence-electron chi connectivity index (χ2n) is 7.98. The molecule has 1 atom stereocenters. The fraction of sp³-hybridized carbons (Fsp3) is 0.500. The predicted octanol–water partition coefficient (Wildman–Crippen LogP) is 3.30. The van der Waals surface area contributed by atoms with E-state index < -0.39 is 0 Å². The number of aryl methyl sites for hydroxylation is 1. The normalized spacial score (nSPS) is 18.4. The van der Waals surface area contributed by atoms with Crippen LogP contribution in [0, 0.1) is 13.8 Å². The molecule has 1 saturated carbocycles. The average Bonchev–Trinajstić information content (AvgIpc) is 3.31. The highest BCUT2D eigenvalue weighted by Gasteiger charge is 2.24. The Balaban J connectivity index is 1.35. The summed E-state index contributed by atoms with van der Waals surface area (Å²) in [4.78, 5) is 29.4. The van der Waals surface area contributed by atoms with Gasteiger partial charge in [0.1, 0.15) is 0 Å². The molecule has 1 aliphatic heterocycles. The van der Waals surface area contributed by atoms with Crippen molar-refractivity contribution in [2.75, 3.05) is 17.7 Å². The van der Waals surface area contributed by atoms with Gasteiger partial charge in [-0.05, 0) is 57.7 Å². The number of amides is 2. The fourth-order valence-corrected chi connectivity index (χ4v) is 4.40. The zero-order valence-corrected chi connectivity index (χ0v) is 18.3. The first-order valence-corrected chi connectivity index (χ1v) is 11.5. The molecule has 0 spiro atoms. The molecule has 2 aliphatic rings. The molecule has 1 unspecified atom stereocenters. The Labute approximate surface area is 181 Å². The van der Waals surface area contributed by atoms with Crippen molar-refractivity contribution >= 4 is 29.3 Å². The van der Waals surface area contributed by atoms with E-state index in [9.17, 15) is 9.59 Å².